The summed E-state index contributed by atoms with van der Waals surface area (Å²) in [6.45, 7) is 17.9. The van der Waals surface area contributed by atoms with Gasteiger partial charge in [0, 0.05) is 41.5 Å². The Morgan fingerprint density at radius 2 is 1.74 bits per heavy atom. The van der Waals surface area contributed by atoms with Crippen LogP contribution in [0, 0.1) is 11.8 Å². The van der Waals surface area contributed by atoms with Crippen molar-refractivity contribution in [1.82, 2.24) is 5.32 Å². The van der Waals surface area contributed by atoms with Gasteiger partial charge in [-0.1, -0.05) is 48.8 Å². The zero-order valence-electron chi connectivity index (χ0n) is 32.9. The third-order valence-corrected chi connectivity index (χ3v) is 11.9. The van der Waals surface area contributed by atoms with Crippen molar-refractivity contribution in [1.29, 1.82) is 0 Å². The van der Waals surface area contributed by atoms with Gasteiger partial charge in [-0.25, -0.2) is 4.57 Å². The molecule has 5 unspecified atom stereocenters. The number of fused-ring (bicyclic) bond motifs is 2. The number of ketones is 2. The Hall–Kier alpha value is -3.76. The highest BCUT2D eigenvalue weighted by Gasteiger charge is 2.81. The first-order valence-corrected chi connectivity index (χ1v) is 20.5. The molecule has 3 N–H and O–H groups in total. The van der Waals surface area contributed by atoms with E-state index in [1.807, 2.05) is 67.5 Å². The maximum Gasteiger partial charge on any atom is 0.524 e. The van der Waals surface area contributed by atoms with Crippen LogP contribution in [0.3, 0.4) is 0 Å². The van der Waals surface area contributed by atoms with Gasteiger partial charge in [0.25, 0.3) is 0 Å². The minimum absolute atomic E-state index is 0.0308. The van der Waals surface area contributed by atoms with Crippen LogP contribution in [-0.4, -0.2) is 56.2 Å². The Morgan fingerprint density at radius 3 is 2.39 bits per heavy atom. The van der Waals surface area contributed by atoms with Gasteiger partial charge in [-0.05, 0) is 99.6 Å². The van der Waals surface area contributed by atoms with Gasteiger partial charge in [-0.3, -0.25) is 24.2 Å². The molecule has 5 atom stereocenters. The lowest BCUT2D eigenvalue weighted by Crippen LogP contribution is -2.72. The van der Waals surface area contributed by atoms with Crippen molar-refractivity contribution in [2.24, 2.45) is 11.8 Å². The summed E-state index contributed by atoms with van der Waals surface area (Å²) in [5.41, 5.74) is -1.73. The number of unbranched alkanes of at least 4 members (excludes halogenated alkanes) is 1. The molecule has 4 bridgehead atoms. The number of benzene rings is 1. The molecule has 54 heavy (non-hydrogen) atoms. The molecule has 2 fully saturated rings. The standard InChI is InChI=1S/C42H54NO10P/c1-10-11-21-43-38(46)26(6)16-20-41-37(45)27-22-30-33(44)32-35(51-42(30,41)31(23-27)39(7,8)53-41)28(15-14-25(4)5)34-29(36(32)52-54(47,48)49)17-19-40(9,50-34)18-12-13-24(2)3/h13-14,16-17,19,22,27,31H,10-12,15,18,20-21,23H2,1-9H3,(H,43,46)(H2,47,48,49). The number of hydrogen-bond acceptors (Lipinski definition) is 8. The van der Waals surface area contributed by atoms with Crippen LogP contribution < -0.4 is 19.3 Å². The van der Waals surface area contributed by atoms with Crippen molar-refractivity contribution in [2.75, 3.05) is 6.54 Å². The predicted octanol–water partition coefficient (Wildman–Crippen LogP) is 7.84. The molecule has 1 aromatic carbocycles. The average Bonchev–Trinajstić information content (AvgIpc) is 3.22. The number of phosphoric acid groups is 1. The summed E-state index contributed by atoms with van der Waals surface area (Å²) in [4.78, 5) is 63.4. The van der Waals surface area contributed by atoms with E-state index in [4.69, 9.17) is 18.7 Å². The van der Waals surface area contributed by atoms with Gasteiger partial charge >= 0.3 is 7.82 Å². The molecule has 3 aliphatic heterocycles. The van der Waals surface area contributed by atoms with E-state index >= 15 is 4.79 Å². The van der Waals surface area contributed by atoms with Crippen LogP contribution in [0.25, 0.3) is 6.08 Å². The highest BCUT2D eigenvalue weighted by Crippen LogP contribution is 2.69. The van der Waals surface area contributed by atoms with Gasteiger partial charge in [0.05, 0.1) is 11.2 Å². The van der Waals surface area contributed by atoms with Gasteiger partial charge in [-0.2, -0.15) is 0 Å². The largest absolute Gasteiger partial charge is 0.524 e. The van der Waals surface area contributed by atoms with Crippen LogP contribution in [0.2, 0.25) is 0 Å². The number of ether oxygens (including phenoxy) is 3. The number of rotatable bonds is 13. The van der Waals surface area contributed by atoms with Crippen LogP contribution in [0.15, 0.2) is 52.7 Å². The van der Waals surface area contributed by atoms with Crippen molar-refractivity contribution < 1.29 is 47.5 Å². The van der Waals surface area contributed by atoms with Gasteiger partial charge < -0.3 is 24.1 Å². The van der Waals surface area contributed by atoms with E-state index in [1.165, 1.54) is 0 Å². The van der Waals surface area contributed by atoms with E-state index in [0.717, 1.165) is 24.0 Å². The minimum Gasteiger partial charge on any atom is -0.482 e. The molecule has 1 saturated heterocycles. The van der Waals surface area contributed by atoms with Crippen LogP contribution in [0.1, 0.15) is 122 Å². The minimum atomic E-state index is -5.22. The second-order valence-corrected chi connectivity index (χ2v) is 17.8. The Labute approximate surface area is 318 Å². The summed E-state index contributed by atoms with van der Waals surface area (Å²) in [7, 11) is -5.22. The molecule has 1 amide bonds. The molecule has 3 heterocycles. The maximum atomic E-state index is 15.2. The molecule has 6 aliphatic rings. The van der Waals surface area contributed by atoms with Crippen LogP contribution >= 0.6 is 7.82 Å². The summed E-state index contributed by atoms with van der Waals surface area (Å²) >= 11 is 0. The topological polar surface area (TPSA) is 158 Å². The molecular formula is C42H54NO10P. The van der Waals surface area contributed by atoms with Crippen LogP contribution in [-0.2, 0) is 25.3 Å². The van der Waals surface area contributed by atoms with Crippen molar-refractivity contribution >= 4 is 31.4 Å². The van der Waals surface area contributed by atoms with E-state index in [2.05, 4.69) is 11.4 Å². The molecular weight excluding hydrogens is 709 g/mol. The van der Waals surface area contributed by atoms with Crippen molar-refractivity contribution in [3.8, 4) is 17.2 Å². The first kappa shape index (κ1) is 39.9. The number of carbonyl (C=O) groups excluding carboxylic acids is 3. The van der Waals surface area contributed by atoms with E-state index in [1.54, 1.807) is 25.2 Å². The average molecular weight is 764 g/mol. The highest BCUT2D eigenvalue weighted by molar-refractivity contribution is 7.46. The van der Waals surface area contributed by atoms with E-state index in [0.29, 0.717) is 36.9 Å². The Kier molecular flexibility index (Phi) is 10.4. The number of phosphoric ester groups is 1. The van der Waals surface area contributed by atoms with Gasteiger partial charge in [-0.15, -0.1) is 0 Å². The molecule has 12 heteroatoms. The fourth-order valence-electron chi connectivity index (χ4n) is 8.89. The zero-order valence-corrected chi connectivity index (χ0v) is 33.8. The maximum absolute atomic E-state index is 15.2. The zero-order chi connectivity index (χ0) is 39.6. The normalized spacial score (nSPS) is 28.6. The Balaban J connectivity index is 1.59. The number of amides is 1. The lowest BCUT2D eigenvalue weighted by atomic mass is 9.51. The number of Topliss-reactive ketones (excluding diaryl/α,β-unsaturated/α-hetero) is 2. The van der Waals surface area contributed by atoms with Crippen LogP contribution in [0.5, 0.6) is 17.2 Å². The van der Waals surface area contributed by atoms with E-state index in [-0.39, 0.29) is 58.5 Å². The number of carbonyl (C=O) groups is 3. The van der Waals surface area contributed by atoms with Crippen molar-refractivity contribution in [2.45, 2.75) is 130 Å². The molecule has 1 saturated carbocycles. The number of allylic oxidation sites excluding steroid dienone is 5. The smallest absolute Gasteiger partial charge is 0.482 e. The first-order chi connectivity index (χ1) is 25.2. The Bertz CT molecular complexity index is 1990. The summed E-state index contributed by atoms with van der Waals surface area (Å²) in [6, 6.07) is 0. The summed E-state index contributed by atoms with van der Waals surface area (Å²) < 4.78 is 39.0. The molecule has 1 aromatic rings. The predicted molar refractivity (Wildman–Crippen MR) is 206 cm³/mol. The SMILES string of the molecule is CCCCNC(=O)C(C)=CCC12OC(C)(C)C3CC(C=C4C(=O)c5c(OP(=O)(O)O)c6c(c(CC=C(C)C)c5OC431)OC(C)(CCC=C(C)C)C=C6)C2=O. The molecule has 0 radical (unpaired) electrons. The molecule has 7 rings (SSSR count). The van der Waals surface area contributed by atoms with Gasteiger partial charge in [0.1, 0.15) is 22.7 Å². The third kappa shape index (κ3) is 6.65. The third-order valence-electron chi connectivity index (χ3n) is 11.5. The fourth-order valence-corrected chi connectivity index (χ4v) is 9.32. The number of nitrogens with one attached hydrogen (secondary N) is 1. The molecule has 292 valence electrons. The van der Waals surface area contributed by atoms with Gasteiger partial charge in [0.2, 0.25) is 5.91 Å². The summed E-state index contributed by atoms with van der Waals surface area (Å²) in [5, 5.41) is 2.92. The molecule has 11 nitrogen and oxygen atoms in total. The van der Waals surface area contributed by atoms with E-state index < -0.39 is 47.8 Å². The van der Waals surface area contributed by atoms with Crippen LogP contribution in [0.4, 0.5) is 0 Å². The second-order valence-electron chi connectivity index (χ2n) is 16.6. The Morgan fingerprint density at radius 1 is 1.04 bits per heavy atom. The molecule has 0 aromatic heterocycles. The molecule has 3 aliphatic carbocycles. The lowest BCUT2D eigenvalue weighted by Gasteiger charge is -2.56. The van der Waals surface area contributed by atoms with Gasteiger partial charge in [0.15, 0.2) is 28.5 Å². The number of hydrogen-bond donors (Lipinski definition) is 3. The monoisotopic (exact) mass is 763 g/mol. The lowest BCUT2D eigenvalue weighted by molar-refractivity contribution is -0.171. The van der Waals surface area contributed by atoms with E-state index in [9.17, 15) is 23.9 Å². The fraction of sp³-hybridized carbons (Fsp3) is 0.548. The second kappa shape index (κ2) is 14.1. The quantitative estimate of drug-likeness (QED) is 0.0783. The van der Waals surface area contributed by atoms with Crippen molar-refractivity contribution in [3.05, 3.63) is 69.4 Å². The molecule has 1 spiro atoms. The summed E-state index contributed by atoms with van der Waals surface area (Å²) in [5.74, 6) is -2.20. The first-order valence-electron chi connectivity index (χ1n) is 19.0. The highest BCUT2D eigenvalue weighted by atomic mass is 31.2. The summed E-state index contributed by atoms with van der Waals surface area (Å²) in [6.07, 6.45) is 14.6. The van der Waals surface area contributed by atoms with Crippen molar-refractivity contribution in [3.63, 3.8) is 0 Å².